The van der Waals surface area contributed by atoms with Gasteiger partial charge in [-0.1, -0.05) is 32.9 Å². The van der Waals surface area contributed by atoms with Gasteiger partial charge in [0.25, 0.3) is 0 Å². The van der Waals surface area contributed by atoms with Crippen LogP contribution < -0.4 is 0 Å². The van der Waals surface area contributed by atoms with Crippen LogP contribution in [0, 0.1) is 29.1 Å². The first-order valence-corrected chi connectivity index (χ1v) is 9.89. The van der Waals surface area contributed by atoms with Crippen LogP contribution in [0.5, 0.6) is 0 Å². The standard InChI is InChI=1S/C22H32O5/c1-11-7-17-19(25)13(3)10-22(17,27-14(4)23)20(26)12(2)8-15-16(9-18(11)24)21(15,5)6/h7-8,13,15-19,24-25H,9-10H2,1-6H3/b11-7+,12-8+/t13-,15+,16-,17-,18+,19-,22+/m0/s1. The Labute approximate surface area is 161 Å². The predicted molar refractivity (Wildman–Crippen MR) is 102 cm³/mol. The molecule has 0 spiro atoms. The minimum Gasteiger partial charge on any atom is -0.450 e. The van der Waals surface area contributed by atoms with Gasteiger partial charge in [-0.3, -0.25) is 9.59 Å². The summed E-state index contributed by atoms with van der Waals surface area (Å²) < 4.78 is 5.67. The molecule has 2 N–H and O–H groups in total. The number of fused-ring (bicyclic) bond motifs is 2. The van der Waals surface area contributed by atoms with Gasteiger partial charge in [0.15, 0.2) is 5.60 Å². The number of aliphatic hydroxyl groups excluding tert-OH is 2. The first kappa shape index (κ1) is 20.3. The summed E-state index contributed by atoms with van der Waals surface area (Å²) >= 11 is 0. The van der Waals surface area contributed by atoms with Crippen molar-refractivity contribution in [3.8, 4) is 0 Å². The van der Waals surface area contributed by atoms with Crippen LogP contribution in [-0.2, 0) is 14.3 Å². The van der Waals surface area contributed by atoms with Crippen LogP contribution in [0.4, 0.5) is 0 Å². The molecule has 0 unspecified atom stereocenters. The molecule has 0 saturated heterocycles. The van der Waals surface area contributed by atoms with Crippen molar-refractivity contribution < 1.29 is 24.5 Å². The van der Waals surface area contributed by atoms with Gasteiger partial charge >= 0.3 is 5.97 Å². The molecule has 0 aromatic rings. The fraction of sp³-hybridized carbons (Fsp3) is 0.727. The van der Waals surface area contributed by atoms with Gasteiger partial charge in [0.1, 0.15) is 0 Å². The van der Waals surface area contributed by atoms with Crippen molar-refractivity contribution in [3.05, 3.63) is 23.3 Å². The molecule has 0 aromatic carbocycles. The zero-order valence-corrected chi connectivity index (χ0v) is 17.2. The van der Waals surface area contributed by atoms with Crippen LogP contribution in [0.2, 0.25) is 0 Å². The molecule has 0 aromatic heterocycles. The van der Waals surface area contributed by atoms with E-state index in [-0.39, 0.29) is 29.5 Å². The van der Waals surface area contributed by atoms with Crippen LogP contribution in [0.25, 0.3) is 0 Å². The fourth-order valence-corrected chi connectivity index (χ4v) is 5.32. The van der Waals surface area contributed by atoms with Crippen molar-refractivity contribution in [2.24, 2.45) is 29.1 Å². The maximum Gasteiger partial charge on any atom is 0.303 e. The van der Waals surface area contributed by atoms with E-state index in [0.29, 0.717) is 17.9 Å². The Morgan fingerprint density at radius 1 is 1.19 bits per heavy atom. The molecule has 5 heteroatoms. The summed E-state index contributed by atoms with van der Waals surface area (Å²) in [5.74, 6) is -1.12. The Kier molecular flexibility index (Phi) is 4.92. The molecule has 0 heterocycles. The highest BCUT2D eigenvalue weighted by atomic mass is 16.6. The first-order chi connectivity index (χ1) is 12.4. The summed E-state index contributed by atoms with van der Waals surface area (Å²) in [6, 6.07) is 0. The van der Waals surface area contributed by atoms with Crippen molar-refractivity contribution >= 4 is 11.8 Å². The topological polar surface area (TPSA) is 83.8 Å². The van der Waals surface area contributed by atoms with E-state index in [0.717, 1.165) is 5.57 Å². The smallest absolute Gasteiger partial charge is 0.303 e. The SMILES string of the molecule is CC(=O)O[C@]12C[C@H](C)[C@H](O)[C@@H]1/C=C(\C)[C@H](O)C[C@H]1[C@@H](/C=C(\C)C2=O)C1(C)C. The number of hydrogen-bond donors (Lipinski definition) is 2. The fourth-order valence-electron chi connectivity index (χ4n) is 5.32. The molecule has 2 saturated carbocycles. The lowest BCUT2D eigenvalue weighted by Crippen LogP contribution is -2.48. The van der Waals surface area contributed by atoms with Crippen molar-refractivity contribution in [3.63, 3.8) is 0 Å². The summed E-state index contributed by atoms with van der Waals surface area (Å²) in [7, 11) is 0. The molecule has 150 valence electrons. The minimum absolute atomic E-state index is 0.0263. The molecule has 5 nitrogen and oxygen atoms in total. The van der Waals surface area contributed by atoms with Crippen molar-refractivity contribution in [2.45, 2.75) is 72.2 Å². The quantitative estimate of drug-likeness (QED) is 0.543. The van der Waals surface area contributed by atoms with E-state index in [4.69, 9.17) is 4.74 Å². The summed E-state index contributed by atoms with van der Waals surface area (Å²) in [5.41, 5.74) is -0.0899. The second kappa shape index (κ2) is 6.56. The summed E-state index contributed by atoms with van der Waals surface area (Å²) in [5, 5.41) is 21.5. The van der Waals surface area contributed by atoms with E-state index in [9.17, 15) is 19.8 Å². The van der Waals surface area contributed by atoms with Crippen LogP contribution in [0.1, 0.15) is 54.4 Å². The number of rotatable bonds is 1. The van der Waals surface area contributed by atoms with Gasteiger partial charge in [-0.2, -0.15) is 0 Å². The molecule has 27 heavy (non-hydrogen) atoms. The second-order valence-electron chi connectivity index (χ2n) is 9.48. The number of hydrogen-bond acceptors (Lipinski definition) is 5. The average Bonchev–Trinajstić information content (AvgIpc) is 2.97. The summed E-state index contributed by atoms with van der Waals surface area (Å²) in [6.45, 7) is 11.1. The third-order valence-electron chi connectivity index (χ3n) is 7.20. The lowest BCUT2D eigenvalue weighted by Gasteiger charge is -2.33. The van der Waals surface area contributed by atoms with E-state index in [1.165, 1.54) is 6.92 Å². The monoisotopic (exact) mass is 376 g/mol. The summed E-state index contributed by atoms with van der Waals surface area (Å²) in [4.78, 5) is 25.4. The van der Waals surface area contributed by atoms with Gasteiger partial charge in [-0.05, 0) is 54.6 Å². The van der Waals surface area contributed by atoms with E-state index in [2.05, 4.69) is 13.8 Å². The number of aliphatic hydroxyl groups is 2. The number of esters is 1. The maximum absolute atomic E-state index is 13.5. The average molecular weight is 376 g/mol. The first-order valence-electron chi connectivity index (χ1n) is 9.89. The Morgan fingerprint density at radius 3 is 2.41 bits per heavy atom. The largest absolute Gasteiger partial charge is 0.450 e. The van der Waals surface area contributed by atoms with E-state index in [1.54, 1.807) is 13.0 Å². The lowest BCUT2D eigenvalue weighted by molar-refractivity contribution is -0.168. The van der Waals surface area contributed by atoms with Gasteiger partial charge in [0, 0.05) is 13.3 Å². The molecular formula is C22H32O5. The molecule has 0 radical (unpaired) electrons. The predicted octanol–water partition coefficient (Wildman–Crippen LogP) is 2.80. The van der Waals surface area contributed by atoms with E-state index >= 15 is 0 Å². The third kappa shape index (κ3) is 3.19. The summed E-state index contributed by atoms with van der Waals surface area (Å²) in [6.07, 6.45) is 3.20. The second-order valence-corrected chi connectivity index (χ2v) is 9.48. The normalized spacial score (nSPS) is 47.5. The number of Topliss-reactive ketones (excluding diaryl/α,β-unsaturated/α-hetero) is 1. The Morgan fingerprint density at radius 2 is 1.81 bits per heavy atom. The Balaban J connectivity index is 2.15. The van der Waals surface area contributed by atoms with Crippen LogP contribution in [-0.4, -0.2) is 39.8 Å². The van der Waals surface area contributed by atoms with E-state index < -0.39 is 29.7 Å². The van der Waals surface area contributed by atoms with Crippen LogP contribution in [0.3, 0.4) is 0 Å². The number of ether oxygens (including phenoxy) is 1. The zero-order chi connectivity index (χ0) is 20.3. The molecule has 3 aliphatic carbocycles. The van der Waals surface area contributed by atoms with Gasteiger partial charge in [-0.15, -0.1) is 0 Å². The number of ketones is 1. The molecule has 3 aliphatic rings. The van der Waals surface area contributed by atoms with Gasteiger partial charge in [0.2, 0.25) is 5.78 Å². The lowest BCUT2D eigenvalue weighted by atomic mass is 9.81. The van der Waals surface area contributed by atoms with Crippen LogP contribution >= 0.6 is 0 Å². The highest BCUT2D eigenvalue weighted by Crippen LogP contribution is 2.62. The molecule has 0 bridgehead atoms. The molecule has 7 atom stereocenters. The number of carbonyl (C=O) groups excluding carboxylic acids is 2. The molecule has 3 rings (SSSR count). The van der Waals surface area contributed by atoms with Gasteiger partial charge < -0.3 is 14.9 Å². The highest BCUT2D eigenvalue weighted by molar-refractivity contribution is 6.03. The maximum atomic E-state index is 13.5. The molecule has 0 aliphatic heterocycles. The molecular weight excluding hydrogens is 344 g/mol. The molecule has 0 amide bonds. The van der Waals surface area contributed by atoms with E-state index in [1.807, 2.05) is 19.9 Å². The van der Waals surface area contributed by atoms with Gasteiger partial charge in [0.05, 0.1) is 18.1 Å². The van der Waals surface area contributed by atoms with Crippen molar-refractivity contribution in [1.29, 1.82) is 0 Å². The Bertz CT molecular complexity index is 718. The number of carbonyl (C=O) groups is 2. The van der Waals surface area contributed by atoms with Crippen LogP contribution in [0.15, 0.2) is 23.3 Å². The third-order valence-corrected chi connectivity index (χ3v) is 7.20. The Hall–Kier alpha value is -1.46. The van der Waals surface area contributed by atoms with Crippen molar-refractivity contribution in [1.82, 2.24) is 0 Å². The van der Waals surface area contributed by atoms with Gasteiger partial charge in [-0.25, -0.2) is 0 Å². The zero-order valence-electron chi connectivity index (χ0n) is 17.2. The molecule has 2 fully saturated rings. The minimum atomic E-state index is -1.41. The number of allylic oxidation sites excluding steroid dienone is 1. The highest BCUT2D eigenvalue weighted by Gasteiger charge is 2.60. The van der Waals surface area contributed by atoms with Crippen molar-refractivity contribution in [2.75, 3.05) is 0 Å².